The summed E-state index contributed by atoms with van der Waals surface area (Å²) in [5.74, 6) is -1.05. The van der Waals surface area contributed by atoms with Crippen molar-refractivity contribution in [3.63, 3.8) is 0 Å². The second kappa shape index (κ2) is 8.60. The van der Waals surface area contributed by atoms with E-state index in [-0.39, 0.29) is 0 Å². The molecule has 0 spiro atoms. The predicted molar refractivity (Wildman–Crippen MR) is 79.9 cm³/mol. The van der Waals surface area contributed by atoms with Gasteiger partial charge >= 0.3 is 12.3 Å². The number of alkyl halides is 3. The average Bonchev–Trinajstić information content (AvgIpc) is 2.33. The van der Waals surface area contributed by atoms with Gasteiger partial charge in [-0.2, -0.15) is 13.2 Å². The molecule has 2 unspecified atom stereocenters. The van der Waals surface area contributed by atoms with Crippen molar-refractivity contribution in [2.24, 2.45) is 11.1 Å². The first kappa shape index (κ1) is 21.8. The summed E-state index contributed by atoms with van der Waals surface area (Å²) in [5.41, 5.74) is 0. The Balaban J connectivity index is 5.20. The summed E-state index contributed by atoms with van der Waals surface area (Å²) in [4.78, 5) is 10.6. The van der Waals surface area contributed by atoms with E-state index in [2.05, 4.69) is 5.16 Å². The number of hydrogen-bond acceptors (Lipinski definition) is 5. The van der Waals surface area contributed by atoms with Crippen LogP contribution >= 0.6 is 0 Å². The van der Waals surface area contributed by atoms with Crippen molar-refractivity contribution >= 4 is 23.7 Å². The number of oxime groups is 1. The molecule has 0 aromatic carbocycles. The smallest absolute Gasteiger partial charge is 0.408 e. The molecule has 0 saturated carbocycles. The maximum Gasteiger partial charge on any atom is 0.408 e. The maximum atomic E-state index is 13.2. The minimum atomic E-state index is -4.70. The zero-order chi connectivity index (χ0) is 18.4. The number of amides is 1. The lowest BCUT2D eigenvalue weighted by Gasteiger charge is -2.31. The van der Waals surface area contributed by atoms with E-state index in [1.807, 2.05) is 10.0 Å². The first-order valence-electron chi connectivity index (χ1n) is 6.70. The zero-order valence-corrected chi connectivity index (χ0v) is 14.0. The fourth-order valence-corrected chi connectivity index (χ4v) is 2.45. The van der Waals surface area contributed by atoms with E-state index in [1.54, 1.807) is 0 Å². The van der Waals surface area contributed by atoms with E-state index in [1.165, 1.54) is 27.7 Å². The molecule has 23 heavy (non-hydrogen) atoms. The Morgan fingerprint density at radius 1 is 1.39 bits per heavy atom. The van der Waals surface area contributed by atoms with Gasteiger partial charge < -0.3 is 20.2 Å². The van der Waals surface area contributed by atoms with Crippen molar-refractivity contribution in [2.45, 2.75) is 57.1 Å². The third kappa shape index (κ3) is 8.28. The molecule has 0 rings (SSSR count). The lowest BCUT2D eigenvalue weighted by Crippen LogP contribution is -2.52. The monoisotopic (exact) mass is 361 g/mol. The number of carboxylic acid groups (broad SMARTS) is 1. The molecule has 0 aliphatic heterocycles. The summed E-state index contributed by atoms with van der Waals surface area (Å²) in [7, 11) is 0. The fraction of sp³-hybridized carbons (Fsp3) is 0.833. The molecule has 4 N–H and O–H groups in total. The summed E-state index contributed by atoms with van der Waals surface area (Å²) >= 11 is -1.97. The van der Waals surface area contributed by atoms with Gasteiger partial charge in [0.25, 0.3) is 0 Å². The molecule has 0 saturated heterocycles. The number of rotatable bonds is 7. The van der Waals surface area contributed by atoms with Gasteiger partial charge in [0.1, 0.15) is 10.8 Å². The van der Waals surface area contributed by atoms with Crippen molar-refractivity contribution in [1.82, 2.24) is 10.0 Å². The molecular formula is C12H22F3N3O4S. The zero-order valence-electron chi connectivity index (χ0n) is 13.2. The van der Waals surface area contributed by atoms with Crippen LogP contribution in [0.2, 0.25) is 0 Å². The molecule has 0 heterocycles. The third-order valence-corrected chi connectivity index (χ3v) is 4.57. The van der Waals surface area contributed by atoms with Crippen LogP contribution in [-0.2, 0) is 11.4 Å². The second-order valence-electron chi connectivity index (χ2n) is 6.00. The SMILES string of the molecule is C[C@@H](NC(=O)O)[C@H](/C=N/O)CC(N[S+]([O-])C(C)(C)C)C(F)(F)F. The van der Waals surface area contributed by atoms with Crippen molar-refractivity contribution in [1.29, 1.82) is 0 Å². The average molecular weight is 361 g/mol. The first-order valence-corrected chi connectivity index (χ1v) is 7.85. The summed E-state index contributed by atoms with van der Waals surface area (Å²) in [6.07, 6.45) is -5.94. The molecule has 4 atom stereocenters. The number of nitrogens with one attached hydrogen (secondary N) is 2. The highest BCUT2D eigenvalue weighted by Crippen LogP contribution is 2.28. The summed E-state index contributed by atoms with van der Waals surface area (Å²) in [5, 5.41) is 21.9. The Labute approximate surface area is 135 Å². The number of hydrogen-bond donors (Lipinski definition) is 4. The first-order chi connectivity index (χ1) is 10.3. The van der Waals surface area contributed by atoms with E-state index < -0.39 is 52.8 Å². The predicted octanol–water partition coefficient (Wildman–Crippen LogP) is 2.09. The standard InChI is InChI=1S/C12H22F3N3O4S/c1-7(17-10(19)20)8(6-16-21)5-9(12(13,14)15)18-23(22)11(2,3)4/h6-9,17-18,21H,5H2,1-4H3,(H,19,20)/b16-6+/t7-,8+,9?,23?/m1/s1. The van der Waals surface area contributed by atoms with E-state index >= 15 is 0 Å². The van der Waals surface area contributed by atoms with Gasteiger partial charge in [0.15, 0.2) is 0 Å². The minimum Gasteiger partial charge on any atom is -0.598 e. The molecule has 7 nitrogen and oxygen atoms in total. The van der Waals surface area contributed by atoms with Crippen molar-refractivity contribution in [3.8, 4) is 0 Å². The molecule has 0 aliphatic carbocycles. The highest BCUT2D eigenvalue weighted by atomic mass is 32.2. The van der Waals surface area contributed by atoms with Gasteiger partial charge in [0, 0.05) is 29.5 Å². The van der Waals surface area contributed by atoms with Crippen LogP contribution in [0.1, 0.15) is 34.1 Å². The van der Waals surface area contributed by atoms with E-state index in [9.17, 15) is 22.5 Å². The van der Waals surface area contributed by atoms with Gasteiger partial charge in [0.2, 0.25) is 0 Å². The van der Waals surface area contributed by atoms with Crippen LogP contribution in [-0.4, -0.2) is 50.2 Å². The third-order valence-electron chi connectivity index (χ3n) is 2.96. The molecule has 0 bridgehead atoms. The topological polar surface area (TPSA) is 117 Å². The van der Waals surface area contributed by atoms with Crippen LogP contribution in [0.5, 0.6) is 0 Å². The van der Waals surface area contributed by atoms with Crippen LogP contribution in [0, 0.1) is 5.92 Å². The van der Waals surface area contributed by atoms with Crippen LogP contribution in [0.15, 0.2) is 5.16 Å². The van der Waals surface area contributed by atoms with E-state index in [4.69, 9.17) is 10.3 Å². The summed E-state index contributed by atoms with van der Waals surface area (Å²) in [6, 6.07) is -3.08. The summed E-state index contributed by atoms with van der Waals surface area (Å²) in [6.45, 7) is 5.90. The summed E-state index contributed by atoms with van der Waals surface area (Å²) < 4.78 is 52.5. The molecule has 1 amide bonds. The largest absolute Gasteiger partial charge is 0.598 e. The fourth-order valence-electron chi connectivity index (χ4n) is 1.61. The quantitative estimate of drug-likeness (QED) is 0.240. The molecule has 0 aromatic rings. The molecular weight excluding hydrogens is 339 g/mol. The Hall–Kier alpha value is -1.20. The van der Waals surface area contributed by atoms with Crippen molar-refractivity contribution in [2.75, 3.05) is 0 Å². The van der Waals surface area contributed by atoms with Gasteiger partial charge in [-0.25, -0.2) is 4.79 Å². The minimum absolute atomic E-state index is 0.642. The van der Waals surface area contributed by atoms with Gasteiger partial charge in [-0.1, -0.05) is 0 Å². The van der Waals surface area contributed by atoms with E-state index in [0.717, 1.165) is 6.21 Å². The molecule has 0 aromatic heterocycles. The van der Waals surface area contributed by atoms with Crippen LogP contribution in [0.4, 0.5) is 18.0 Å². The lowest BCUT2D eigenvalue weighted by molar-refractivity contribution is -0.154. The molecule has 136 valence electrons. The van der Waals surface area contributed by atoms with Gasteiger partial charge in [-0.3, -0.25) is 0 Å². The Kier molecular flexibility index (Phi) is 8.15. The number of nitrogens with zero attached hydrogens (tertiary/aromatic N) is 1. The molecule has 0 radical (unpaired) electrons. The lowest BCUT2D eigenvalue weighted by atomic mass is 9.94. The number of carbonyl (C=O) groups is 1. The van der Waals surface area contributed by atoms with Gasteiger partial charge in [0.05, 0.1) is 0 Å². The van der Waals surface area contributed by atoms with Gasteiger partial charge in [-0.05, 0) is 34.1 Å². The van der Waals surface area contributed by atoms with Crippen LogP contribution < -0.4 is 10.0 Å². The number of halogens is 3. The van der Waals surface area contributed by atoms with Crippen molar-refractivity contribution in [3.05, 3.63) is 0 Å². The second-order valence-corrected chi connectivity index (χ2v) is 7.99. The highest BCUT2D eigenvalue weighted by molar-refractivity contribution is 7.90. The van der Waals surface area contributed by atoms with E-state index in [0.29, 0.717) is 0 Å². The highest BCUT2D eigenvalue weighted by Gasteiger charge is 2.46. The Morgan fingerprint density at radius 2 is 1.91 bits per heavy atom. The van der Waals surface area contributed by atoms with Crippen LogP contribution in [0.3, 0.4) is 0 Å². The Morgan fingerprint density at radius 3 is 2.26 bits per heavy atom. The maximum absolute atomic E-state index is 13.2. The van der Waals surface area contributed by atoms with Crippen molar-refractivity contribution < 1.29 is 32.8 Å². The normalized spacial score (nSPS) is 18.4. The molecule has 11 heteroatoms. The van der Waals surface area contributed by atoms with Crippen LogP contribution in [0.25, 0.3) is 0 Å². The molecule has 0 aliphatic rings. The van der Waals surface area contributed by atoms with Gasteiger partial charge in [-0.15, -0.1) is 9.88 Å². The Bertz CT molecular complexity index is 415. The molecule has 0 fully saturated rings.